The maximum atomic E-state index is 15.6. The van der Waals surface area contributed by atoms with E-state index in [1.807, 2.05) is 6.20 Å². The standard InChI is InChI=1S/C24H28FN5O6/c1-23(2,3)36-20(31)18-13-30(28-27-18)12-17-11-29-10-16(14-6-7-14)8-15(19(29)26-17)9-24(25,21(32)34-4)22(33)35-5/h8,10-11,13-14H,6-7,9,12H2,1-5H3. The van der Waals surface area contributed by atoms with Crippen LogP contribution in [-0.2, 0) is 36.8 Å². The maximum absolute atomic E-state index is 15.6. The minimum Gasteiger partial charge on any atom is -0.466 e. The SMILES string of the molecule is COC(=O)C(F)(Cc1cc(C2CC2)cn2cc(Cn3cc(C(=O)OC(C)(C)C)nn3)nc12)C(=O)OC. The van der Waals surface area contributed by atoms with Crippen LogP contribution in [0.1, 0.15) is 66.8 Å². The number of rotatable bonds is 8. The number of hydrogen-bond donors (Lipinski definition) is 0. The maximum Gasteiger partial charge on any atom is 0.361 e. The summed E-state index contributed by atoms with van der Waals surface area (Å²) in [6, 6.07) is 1.76. The lowest BCUT2D eigenvalue weighted by atomic mass is 9.95. The van der Waals surface area contributed by atoms with Gasteiger partial charge in [-0.05, 0) is 45.1 Å². The lowest BCUT2D eigenvalue weighted by molar-refractivity contribution is -0.171. The van der Waals surface area contributed by atoms with Gasteiger partial charge in [0.2, 0.25) is 0 Å². The molecule has 0 N–H and O–H groups in total. The monoisotopic (exact) mass is 501 g/mol. The third-order valence-corrected chi connectivity index (χ3v) is 5.67. The van der Waals surface area contributed by atoms with E-state index in [9.17, 15) is 14.4 Å². The van der Waals surface area contributed by atoms with Crippen molar-refractivity contribution in [1.82, 2.24) is 24.4 Å². The van der Waals surface area contributed by atoms with E-state index in [1.165, 1.54) is 10.9 Å². The summed E-state index contributed by atoms with van der Waals surface area (Å²) in [6.07, 6.45) is 6.49. The highest BCUT2D eigenvalue weighted by Gasteiger charge is 2.50. The smallest absolute Gasteiger partial charge is 0.361 e. The van der Waals surface area contributed by atoms with E-state index in [2.05, 4.69) is 24.8 Å². The van der Waals surface area contributed by atoms with Crippen LogP contribution in [0, 0.1) is 0 Å². The van der Waals surface area contributed by atoms with E-state index in [-0.39, 0.29) is 12.2 Å². The summed E-state index contributed by atoms with van der Waals surface area (Å²) in [5.41, 5.74) is -1.40. The average molecular weight is 502 g/mol. The summed E-state index contributed by atoms with van der Waals surface area (Å²) in [4.78, 5) is 41.3. The summed E-state index contributed by atoms with van der Waals surface area (Å²) in [7, 11) is 2.01. The highest BCUT2D eigenvalue weighted by Crippen LogP contribution is 2.41. The first kappa shape index (κ1) is 25.3. The summed E-state index contributed by atoms with van der Waals surface area (Å²) >= 11 is 0. The zero-order chi connectivity index (χ0) is 26.3. The molecule has 0 atom stereocenters. The average Bonchev–Trinajstić information content (AvgIpc) is 3.42. The second kappa shape index (κ2) is 9.32. The molecule has 1 aliphatic rings. The molecule has 12 heteroatoms. The lowest BCUT2D eigenvalue weighted by Gasteiger charge is -2.20. The molecule has 3 aromatic heterocycles. The van der Waals surface area contributed by atoms with Crippen molar-refractivity contribution in [2.45, 2.75) is 63.8 Å². The van der Waals surface area contributed by atoms with Gasteiger partial charge in [0.25, 0.3) is 0 Å². The molecule has 192 valence electrons. The molecule has 0 unspecified atom stereocenters. The van der Waals surface area contributed by atoms with Crippen molar-refractivity contribution >= 4 is 23.6 Å². The molecule has 0 amide bonds. The first-order valence-electron chi connectivity index (χ1n) is 11.4. The van der Waals surface area contributed by atoms with Gasteiger partial charge in [0, 0.05) is 24.4 Å². The molecular formula is C24H28FN5O6. The fraction of sp³-hybridized carbons (Fsp3) is 0.500. The zero-order valence-electron chi connectivity index (χ0n) is 20.8. The number of aromatic nitrogens is 5. The van der Waals surface area contributed by atoms with Gasteiger partial charge < -0.3 is 18.6 Å². The number of methoxy groups -OCH3 is 2. The van der Waals surface area contributed by atoms with Crippen molar-refractivity contribution in [2.75, 3.05) is 14.2 Å². The van der Waals surface area contributed by atoms with Crippen LogP contribution >= 0.6 is 0 Å². The van der Waals surface area contributed by atoms with E-state index in [0.29, 0.717) is 22.8 Å². The molecule has 0 saturated heterocycles. The van der Waals surface area contributed by atoms with Crippen molar-refractivity contribution in [3.05, 3.63) is 47.2 Å². The number of carbonyl (C=O) groups is 3. The van der Waals surface area contributed by atoms with Crippen molar-refractivity contribution in [1.29, 1.82) is 0 Å². The molecule has 1 aliphatic carbocycles. The number of fused-ring (bicyclic) bond motifs is 1. The molecule has 36 heavy (non-hydrogen) atoms. The molecule has 3 heterocycles. The molecule has 0 bridgehead atoms. The van der Waals surface area contributed by atoms with Crippen molar-refractivity contribution < 1.29 is 33.0 Å². The molecule has 0 radical (unpaired) electrons. The van der Waals surface area contributed by atoms with Crippen LogP contribution < -0.4 is 0 Å². The second-order valence-electron chi connectivity index (χ2n) is 9.80. The number of esters is 3. The number of nitrogens with zero attached hydrogens (tertiary/aromatic N) is 5. The van der Waals surface area contributed by atoms with Crippen molar-refractivity contribution in [2.24, 2.45) is 0 Å². The first-order valence-corrected chi connectivity index (χ1v) is 11.4. The molecule has 3 aromatic rings. The zero-order valence-corrected chi connectivity index (χ0v) is 20.8. The van der Waals surface area contributed by atoms with Gasteiger partial charge >= 0.3 is 23.6 Å². The Labute approximate surface area is 206 Å². The Morgan fingerprint density at radius 1 is 1.08 bits per heavy atom. The Kier molecular flexibility index (Phi) is 6.54. The fourth-order valence-electron chi connectivity index (χ4n) is 3.87. The van der Waals surface area contributed by atoms with Crippen molar-refractivity contribution in [3.63, 3.8) is 0 Å². The van der Waals surface area contributed by atoms with Gasteiger partial charge in [-0.2, -0.15) is 0 Å². The number of carbonyl (C=O) groups excluding carboxylic acids is 3. The van der Waals surface area contributed by atoms with E-state index in [4.69, 9.17) is 4.74 Å². The number of halogens is 1. The molecule has 0 aliphatic heterocycles. The number of imidazole rings is 1. The highest BCUT2D eigenvalue weighted by molar-refractivity contribution is 6.03. The Morgan fingerprint density at radius 2 is 1.75 bits per heavy atom. The van der Waals surface area contributed by atoms with E-state index in [1.54, 1.807) is 37.4 Å². The van der Waals surface area contributed by atoms with Gasteiger partial charge in [0.1, 0.15) is 11.2 Å². The summed E-state index contributed by atoms with van der Waals surface area (Å²) in [6.45, 7) is 5.44. The first-order chi connectivity index (χ1) is 16.9. The normalized spacial score (nSPS) is 14.1. The van der Waals surface area contributed by atoms with Gasteiger partial charge in [0.15, 0.2) is 5.69 Å². The van der Waals surface area contributed by atoms with Crippen LogP contribution in [0.5, 0.6) is 0 Å². The van der Waals surface area contributed by atoms with Crippen LogP contribution in [0.25, 0.3) is 5.65 Å². The highest BCUT2D eigenvalue weighted by atomic mass is 19.1. The fourth-order valence-corrected chi connectivity index (χ4v) is 3.87. The van der Waals surface area contributed by atoms with Gasteiger partial charge in [0.05, 0.1) is 32.7 Å². The van der Waals surface area contributed by atoms with E-state index >= 15 is 4.39 Å². The van der Waals surface area contributed by atoms with E-state index < -0.39 is 35.6 Å². The summed E-state index contributed by atoms with van der Waals surface area (Å²) in [5, 5.41) is 7.84. The molecule has 0 spiro atoms. The number of ether oxygens (including phenoxy) is 3. The summed E-state index contributed by atoms with van der Waals surface area (Å²) < 4.78 is 33.2. The predicted octanol–water partition coefficient (Wildman–Crippen LogP) is 2.40. The number of alkyl halides is 1. The Balaban J connectivity index is 1.66. The minimum atomic E-state index is -3.02. The van der Waals surface area contributed by atoms with Crippen LogP contribution in [0.3, 0.4) is 0 Å². The minimum absolute atomic E-state index is 0.0590. The molecule has 1 fully saturated rings. The molecule has 1 saturated carbocycles. The molecule has 4 rings (SSSR count). The Hall–Kier alpha value is -3.83. The molecule has 0 aromatic carbocycles. The third-order valence-electron chi connectivity index (χ3n) is 5.67. The topological polar surface area (TPSA) is 127 Å². The van der Waals surface area contributed by atoms with Gasteiger partial charge in [-0.1, -0.05) is 11.3 Å². The largest absolute Gasteiger partial charge is 0.466 e. The second-order valence-corrected chi connectivity index (χ2v) is 9.80. The van der Waals surface area contributed by atoms with Crippen LogP contribution in [0.2, 0.25) is 0 Å². The van der Waals surface area contributed by atoms with Crippen LogP contribution in [-0.4, -0.2) is 67.8 Å². The van der Waals surface area contributed by atoms with E-state index in [0.717, 1.165) is 32.6 Å². The molecular weight excluding hydrogens is 473 g/mol. The van der Waals surface area contributed by atoms with Gasteiger partial charge in [-0.25, -0.2) is 28.4 Å². The number of hydrogen-bond acceptors (Lipinski definition) is 9. The molecule has 11 nitrogen and oxygen atoms in total. The van der Waals surface area contributed by atoms with Crippen molar-refractivity contribution in [3.8, 4) is 0 Å². The Bertz CT molecular complexity index is 1300. The van der Waals surface area contributed by atoms with Crippen LogP contribution in [0.4, 0.5) is 4.39 Å². The quantitative estimate of drug-likeness (QED) is 0.260. The lowest BCUT2D eigenvalue weighted by Crippen LogP contribution is -2.46. The number of pyridine rings is 1. The van der Waals surface area contributed by atoms with Crippen LogP contribution in [0.15, 0.2) is 24.7 Å². The van der Waals surface area contributed by atoms with Gasteiger partial charge in [-0.15, -0.1) is 5.10 Å². The van der Waals surface area contributed by atoms with Gasteiger partial charge in [-0.3, -0.25) is 0 Å². The Morgan fingerprint density at radius 3 is 2.33 bits per heavy atom. The predicted molar refractivity (Wildman–Crippen MR) is 123 cm³/mol. The summed E-state index contributed by atoms with van der Waals surface area (Å²) in [5.74, 6) is -2.96. The third kappa shape index (κ3) is 5.21.